The average Bonchev–Trinajstić information content (AvgIpc) is 3.19. The maximum Gasteiger partial charge on any atom is 0.321 e. The van der Waals surface area contributed by atoms with E-state index in [0.717, 1.165) is 0 Å². The molecule has 0 radical (unpaired) electrons. The number of imide groups is 1. The Morgan fingerprint density at radius 2 is 1.82 bits per heavy atom. The van der Waals surface area contributed by atoms with Crippen LogP contribution < -0.4 is 25.6 Å². The molecule has 0 fully saturated rings. The van der Waals surface area contributed by atoms with E-state index in [0.29, 0.717) is 28.6 Å². The summed E-state index contributed by atoms with van der Waals surface area (Å²) in [6, 6.07) is 9.88. The van der Waals surface area contributed by atoms with Crippen molar-refractivity contribution >= 4 is 23.5 Å². The largest absolute Gasteiger partial charge is 0.495 e. The highest BCUT2D eigenvalue weighted by molar-refractivity contribution is 5.95. The third-order valence-corrected chi connectivity index (χ3v) is 3.96. The zero-order valence-corrected chi connectivity index (χ0v) is 15.9. The Labute approximate surface area is 163 Å². The summed E-state index contributed by atoms with van der Waals surface area (Å²) in [5.74, 6) is 0.409. The third-order valence-electron chi connectivity index (χ3n) is 3.96. The molecule has 1 aromatic heterocycles. The number of para-hydroxylation sites is 2. The van der Waals surface area contributed by atoms with Crippen molar-refractivity contribution in [1.82, 2.24) is 10.6 Å². The molecule has 9 nitrogen and oxygen atoms in total. The van der Waals surface area contributed by atoms with Crippen molar-refractivity contribution in [3.05, 3.63) is 48.4 Å². The van der Waals surface area contributed by atoms with Crippen molar-refractivity contribution in [2.24, 2.45) is 0 Å². The lowest BCUT2D eigenvalue weighted by Gasteiger charge is -2.17. The molecule has 2 aromatic rings. The predicted molar refractivity (Wildman–Crippen MR) is 102 cm³/mol. The second-order valence-electron chi connectivity index (χ2n) is 6.02. The van der Waals surface area contributed by atoms with Crippen molar-refractivity contribution in [2.45, 2.75) is 13.5 Å². The van der Waals surface area contributed by atoms with Gasteiger partial charge in [-0.1, -0.05) is 12.1 Å². The van der Waals surface area contributed by atoms with Crippen LogP contribution in [0.3, 0.4) is 0 Å². The van der Waals surface area contributed by atoms with E-state index < -0.39 is 11.9 Å². The number of nitrogens with one attached hydrogen (secondary N) is 4. The Balaban J connectivity index is 1.78. The number of urea groups is 1. The van der Waals surface area contributed by atoms with E-state index >= 15 is 0 Å². The fraction of sp³-hybridized carbons (Fsp3) is 0.316. The maximum atomic E-state index is 12.3. The molecule has 28 heavy (non-hydrogen) atoms. The van der Waals surface area contributed by atoms with Gasteiger partial charge in [-0.15, -0.1) is 0 Å². The van der Waals surface area contributed by atoms with E-state index in [2.05, 4.69) is 16.0 Å². The highest BCUT2D eigenvalue weighted by Gasteiger charge is 2.19. The van der Waals surface area contributed by atoms with E-state index in [1.807, 2.05) is 6.92 Å². The molecule has 0 spiro atoms. The molecule has 0 bridgehead atoms. The lowest BCUT2D eigenvalue weighted by molar-refractivity contribution is -0.881. The molecule has 2 rings (SSSR count). The lowest BCUT2D eigenvalue weighted by atomic mass is 10.3. The lowest BCUT2D eigenvalue weighted by Crippen LogP contribution is -3.14. The highest BCUT2D eigenvalue weighted by atomic mass is 16.5. The van der Waals surface area contributed by atoms with Crippen LogP contribution in [0, 0.1) is 0 Å². The zero-order valence-electron chi connectivity index (χ0n) is 15.9. The number of benzene rings is 1. The summed E-state index contributed by atoms with van der Waals surface area (Å²) in [7, 11) is 1.52. The van der Waals surface area contributed by atoms with Gasteiger partial charge in [-0.25, -0.2) is 4.79 Å². The number of carbonyl (C=O) groups excluding carboxylic acids is 3. The standard InChI is InChI=1S/C19H24N4O5/c1-3-23(12-17(24)21-15-8-4-5-9-16(15)27-2)13-18(25)22-19(26)20-11-14-7-6-10-28-14/h4-10H,3,11-13H2,1-2H3,(H,21,24)(H2,20,22,25,26)/p+1. The predicted octanol–water partition coefficient (Wildman–Crippen LogP) is 0.158. The van der Waals surface area contributed by atoms with Gasteiger partial charge in [-0.3, -0.25) is 14.9 Å². The highest BCUT2D eigenvalue weighted by Crippen LogP contribution is 2.22. The summed E-state index contributed by atoms with van der Waals surface area (Å²) >= 11 is 0. The number of amides is 4. The number of hydrogen-bond donors (Lipinski definition) is 4. The SMILES string of the molecule is CC[NH+](CC(=O)NC(=O)NCc1ccco1)CC(=O)Nc1ccccc1OC. The summed E-state index contributed by atoms with van der Waals surface area (Å²) < 4.78 is 10.3. The van der Waals surface area contributed by atoms with Gasteiger partial charge in [-0.2, -0.15) is 0 Å². The van der Waals surface area contributed by atoms with Gasteiger partial charge in [0, 0.05) is 0 Å². The number of quaternary nitrogens is 1. The molecule has 0 aliphatic heterocycles. The van der Waals surface area contributed by atoms with Crippen LogP contribution >= 0.6 is 0 Å². The van der Waals surface area contributed by atoms with Crippen molar-refractivity contribution < 1.29 is 28.4 Å². The minimum Gasteiger partial charge on any atom is -0.495 e. The molecule has 0 saturated heterocycles. The number of anilines is 1. The zero-order chi connectivity index (χ0) is 20.4. The van der Waals surface area contributed by atoms with Crippen molar-refractivity contribution in [3.8, 4) is 5.75 Å². The van der Waals surface area contributed by atoms with Crippen LogP contribution in [0.25, 0.3) is 0 Å². The molecule has 0 saturated carbocycles. The molecule has 1 unspecified atom stereocenters. The molecule has 0 aliphatic carbocycles. The van der Waals surface area contributed by atoms with Gasteiger partial charge in [0.05, 0.1) is 32.1 Å². The summed E-state index contributed by atoms with van der Waals surface area (Å²) in [5.41, 5.74) is 0.562. The summed E-state index contributed by atoms with van der Waals surface area (Å²) in [5, 5.41) is 7.54. The number of methoxy groups -OCH3 is 1. The summed E-state index contributed by atoms with van der Waals surface area (Å²) in [6.07, 6.45) is 1.50. The van der Waals surface area contributed by atoms with Gasteiger partial charge in [0.2, 0.25) is 0 Å². The first-order valence-electron chi connectivity index (χ1n) is 8.88. The molecule has 1 atom stereocenters. The van der Waals surface area contributed by atoms with Crippen LogP contribution in [-0.4, -0.2) is 44.6 Å². The quantitative estimate of drug-likeness (QED) is 0.488. The fourth-order valence-corrected chi connectivity index (χ4v) is 2.50. The Hall–Kier alpha value is -3.33. The summed E-state index contributed by atoms with van der Waals surface area (Å²) in [4.78, 5) is 36.8. The van der Waals surface area contributed by atoms with Crippen LogP contribution in [0.4, 0.5) is 10.5 Å². The van der Waals surface area contributed by atoms with E-state index in [1.165, 1.54) is 13.4 Å². The normalized spacial score (nSPS) is 11.4. The number of hydrogen-bond acceptors (Lipinski definition) is 5. The molecular weight excluding hydrogens is 364 g/mol. The molecule has 1 heterocycles. The van der Waals surface area contributed by atoms with Gasteiger partial charge in [0.15, 0.2) is 13.1 Å². The van der Waals surface area contributed by atoms with Gasteiger partial charge in [-0.05, 0) is 31.2 Å². The first-order valence-corrected chi connectivity index (χ1v) is 8.88. The van der Waals surface area contributed by atoms with E-state index in [4.69, 9.17) is 9.15 Å². The van der Waals surface area contributed by atoms with Crippen LogP contribution in [-0.2, 0) is 16.1 Å². The maximum absolute atomic E-state index is 12.3. The minimum atomic E-state index is -0.615. The number of rotatable bonds is 9. The number of ether oxygens (including phenoxy) is 1. The van der Waals surface area contributed by atoms with Crippen molar-refractivity contribution in [3.63, 3.8) is 0 Å². The van der Waals surface area contributed by atoms with Crippen LogP contribution in [0.15, 0.2) is 47.1 Å². The van der Waals surface area contributed by atoms with E-state index in [1.54, 1.807) is 36.4 Å². The third kappa shape index (κ3) is 6.76. The van der Waals surface area contributed by atoms with Gasteiger partial charge in [0.1, 0.15) is 11.5 Å². The van der Waals surface area contributed by atoms with Gasteiger partial charge in [0.25, 0.3) is 11.8 Å². The van der Waals surface area contributed by atoms with E-state index in [9.17, 15) is 14.4 Å². The van der Waals surface area contributed by atoms with Gasteiger partial charge < -0.3 is 24.7 Å². The smallest absolute Gasteiger partial charge is 0.321 e. The van der Waals surface area contributed by atoms with E-state index in [-0.39, 0.29) is 25.5 Å². The van der Waals surface area contributed by atoms with Crippen LogP contribution in [0.1, 0.15) is 12.7 Å². The van der Waals surface area contributed by atoms with Crippen molar-refractivity contribution in [1.29, 1.82) is 0 Å². The first kappa shape index (κ1) is 21.0. The van der Waals surface area contributed by atoms with Crippen molar-refractivity contribution in [2.75, 3.05) is 32.1 Å². The fourth-order valence-electron chi connectivity index (χ4n) is 2.50. The first-order chi connectivity index (χ1) is 13.5. The van der Waals surface area contributed by atoms with Crippen LogP contribution in [0.2, 0.25) is 0 Å². The Morgan fingerprint density at radius 1 is 1.07 bits per heavy atom. The second kappa shape index (κ2) is 10.7. The Morgan fingerprint density at radius 3 is 2.50 bits per heavy atom. The average molecular weight is 389 g/mol. The molecule has 0 aliphatic rings. The Bertz CT molecular complexity index is 791. The molecule has 150 valence electrons. The minimum absolute atomic E-state index is 0.00990. The van der Waals surface area contributed by atoms with Crippen LogP contribution in [0.5, 0.6) is 5.75 Å². The number of furan rings is 1. The number of carbonyl (C=O) groups is 3. The monoisotopic (exact) mass is 389 g/mol. The molecule has 9 heteroatoms. The molecular formula is C19H25N4O5+. The summed E-state index contributed by atoms with van der Waals surface area (Å²) in [6.45, 7) is 2.65. The molecule has 4 amide bonds. The Kier molecular flexibility index (Phi) is 8.04. The number of likely N-dealkylation sites (N-methyl/N-ethyl adjacent to an activating group) is 1. The second-order valence-corrected chi connectivity index (χ2v) is 6.02. The molecule has 4 N–H and O–H groups in total. The van der Waals surface area contributed by atoms with Gasteiger partial charge >= 0.3 is 6.03 Å². The topological polar surface area (TPSA) is 114 Å². The molecule has 1 aromatic carbocycles.